The van der Waals surface area contributed by atoms with Gasteiger partial charge in [-0.25, -0.2) is 4.79 Å². The van der Waals surface area contributed by atoms with Crippen molar-refractivity contribution in [2.24, 2.45) is 0 Å². The van der Waals surface area contributed by atoms with Gasteiger partial charge in [0.25, 0.3) is 0 Å². The van der Waals surface area contributed by atoms with Gasteiger partial charge in [-0.1, -0.05) is 24.1 Å². The van der Waals surface area contributed by atoms with E-state index in [-0.39, 0.29) is 11.7 Å². The van der Waals surface area contributed by atoms with Gasteiger partial charge >= 0.3 is 11.9 Å². The fourth-order valence-corrected chi connectivity index (χ4v) is 2.39. The molecule has 2 unspecified atom stereocenters. The molecule has 1 heterocycles. The van der Waals surface area contributed by atoms with E-state index in [1.807, 2.05) is 6.07 Å². The molecule has 1 aliphatic heterocycles. The van der Waals surface area contributed by atoms with Gasteiger partial charge < -0.3 is 9.47 Å². The number of cyclic esters (lactones) is 1. The highest BCUT2D eigenvalue weighted by Gasteiger charge is 2.33. The third kappa shape index (κ3) is 3.52. The maximum Gasteiger partial charge on any atom is 0.339 e. The van der Waals surface area contributed by atoms with E-state index in [0.29, 0.717) is 5.56 Å². The lowest BCUT2D eigenvalue weighted by atomic mass is 10.2. The fraction of sp³-hybridized carbons (Fsp3) is 0.286. The maximum absolute atomic E-state index is 11.9. The van der Waals surface area contributed by atoms with Gasteiger partial charge in [0, 0.05) is 0 Å². The molecule has 1 aliphatic rings. The normalized spacial score (nSPS) is 19.0. The smallest absolute Gasteiger partial charge is 0.339 e. The van der Waals surface area contributed by atoms with Gasteiger partial charge in [-0.15, -0.1) is 17.7 Å². The SMILES string of the molecule is CC#CC(OC(=O)c1ccccc1)C1OC(=O)CS1. The lowest BCUT2D eigenvalue weighted by Crippen LogP contribution is -2.28. The summed E-state index contributed by atoms with van der Waals surface area (Å²) in [5.41, 5.74) is -0.104. The number of esters is 2. The zero-order valence-electron chi connectivity index (χ0n) is 10.3. The number of rotatable bonds is 3. The van der Waals surface area contributed by atoms with E-state index in [4.69, 9.17) is 9.47 Å². The first-order chi connectivity index (χ1) is 9.20. The van der Waals surface area contributed by atoms with Gasteiger partial charge in [-0.2, -0.15) is 0 Å². The van der Waals surface area contributed by atoms with Crippen LogP contribution in [0.15, 0.2) is 30.3 Å². The Labute approximate surface area is 115 Å². The standard InChI is InChI=1S/C14H12O4S/c1-2-6-11(14-18-12(15)9-19-14)17-13(16)10-7-4-3-5-8-10/h3-5,7-8,11,14H,9H2,1H3. The molecule has 4 nitrogen and oxygen atoms in total. The minimum atomic E-state index is -0.742. The molecule has 5 heteroatoms. The van der Waals surface area contributed by atoms with Crippen LogP contribution in [0.4, 0.5) is 0 Å². The molecule has 1 aromatic rings. The summed E-state index contributed by atoms with van der Waals surface area (Å²) in [6.07, 6.45) is -0.742. The number of carbonyl (C=O) groups is 2. The van der Waals surface area contributed by atoms with Crippen LogP contribution in [0.25, 0.3) is 0 Å². The van der Waals surface area contributed by atoms with Crippen LogP contribution in [0.2, 0.25) is 0 Å². The van der Waals surface area contributed by atoms with Crippen LogP contribution in [0.1, 0.15) is 17.3 Å². The highest BCUT2D eigenvalue weighted by atomic mass is 32.2. The van der Waals surface area contributed by atoms with Gasteiger partial charge in [0.2, 0.25) is 6.10 Å². The average Bonchev–Trinajstić information content (AvgIpc) is 2.86. The number of ether oxygens (including phenoxy) is 2. The first kappa shape index (κ1) is 13.5. The molecule has 0 aliphatic carbocycles. The first-order valence-electron chi connectivity index (χ1n) is 5.70. The molecule has 98 valence electrons. The Morgan fingerprint density at radius 3 is 2.79 bits per heavy atom. The van der Waals surface area contributed by atoms with Crippen LogP contribution >= 0.6 is 11.8 Å². The van der Waals surface area contributed by atoms with Crippen molar-refractivity contribution in [2.45, 2.75) is 18.5 Å². The molecular formula is C14H12O4S. The minimum Gasteiger partial charge on any atom is -0.445 e. The number of carbonyl (C=O) groups excluding carboxylic acids is 2. The second-order valence-corrected chi connectivity index (χ2v) is 4.84. The molecule has 0 bridgehead atoms. The summed E-state index contributed by atoms with van der Waals surface area (Å²) in [7, 11) is 0. The van der Waals surface area contributed by atoms with Crippen LogP contribution in [0, 0.1) is 11.8 Å². The van der Waals surface area contributed by atoms with E-state index in [1.54, 1.807) is 31.2 Å². The number of hydrogen-bond donors (Lipinski definition) is 0. The van der Waals surface area contributed by atoms with Crippen molar-refractivity contribution < 1.29 is 19.1 Å². The van der Waals surface area contributed by atoms with Gasteiger partial charge in [-0.3, -0.25) is 4.79 Å². The third-order valence-corrected chi connectivity index (χ3v) is 3.46. The number of hydrogen-bond acceptors (Lipinski definition) is 5. The van der Waals surface area contributed by atoms with Crippen molar-refractivity contribution in [2.75, 3.05) is 5.75 Å². The summed E-state index contributed by atoms with van der Waals surface area (Å²) in [4.78, 5) is 23.0. The largest absolute Gasteiger partial charge is 0.445 e. The second-order valence-electron chi connectivity index (χ2n) is 3.76. The molecule has 1 saturated heterocycles. The molecule has 0 radical (unpaired) electrons. The topological polar surface area (TPSA) is 52.6 Å². The van der Waals surface area contributed by atoms with Crippen molar-refractivity contribution in [3.8, 4) is 11.8 Å². The molecule has 0 N–H and O–H groups in total. The predicted molar refractivity (Wildman–Crippen MR) is 71.4 cm³/mol. The van der Waals surface area contributed by atoms with Gasteiger partial charge in [-0.05, 0) is 19.1 Å². The Morgan fingerprint density at radius 2 is 2.21 bits per heavy atom. The molecule has 19 heavy (non-hydrogen) atoms. The molecular weight excluding hydrogens is 264 g/mol. The van der Waals surface area contributed by atoms with Gasteiger partial charge in [0.05, 0.1) is 11.3 Å². The highest BCUT2D eigenvalue weighted by Crippen LogP contribution is 2.26. The van der Waals surface area contributed by atoms with Crippen LogP contribution in [-0.2, 0) is 14.3 Å². The lowest BCUT2D eigenvalue weighted by molar-refractivity contribution is -0.142. The van der Waals surface area contributed by atoms with Crippen LogP contribution in [0.3, 0.4) is 0 Å². The van der Waals surface area contributed by atoms with Crippen LogP contribution in [-0.4, -0.2) is 29.2 Å². The third-order valence-electron chi connectivity index (χ3n) is 2.39. The van der Waals surface area contributed by atoms with E-state index >= 15 is 0 Å². The zero-order valence-corrected chi connectivity index (χ0v) is 11.1. The van der Waals surface area contributed by atoms with Crippen molar-refractivity contribution in [3.05, 3.63) is 35.9 Å². The van der Waals surface area contributed by atoms with Crippen molar-refractivity contribution in [1.82, 2.24) is 0 Å². The highest BCUT2D eigenvalue weighted by molar-refractivity contribution is 8.00. The van der Waals surface area contributed by atoms with E-state index in [2.05, 4.69) is 11.8 Å². The minimum absolute atomic E-state index is 0.259. The summed E-state index contributed by atoms with van der Waals surface area (Å²) in [6.45, 7) is 1.64. The van der Waals surface area contributed by atoms with Gasteiger partial charge in [0.1, 0.15) is 0 Å². The Hall–Kier alpha value is -1.93. The number of benzene rings is 1. The summed E-state index contributed by atoms with van der Waals surface area (Å²) in [5.74, 6) is 4.91. The van der Waals surface area contributed by atoms with E-state index in [9.17, 15) is 9.59 Å². The molecule has 1 aromatic carbocycles. The summed E-state index contributed by atoms with van der Waals surface area (Å²) < 4.78 is 10.4. The quantitative estimate of drug-likeness (QED) is 0.623. The van der Waals surface area contributed by atoms with Crippen LogP contribution < -0.4 is 0 Å². The summed E-state index contributed by atoms with van der Waals surface area (Å²) in [5, 5.41) is 0. The predicted octanol–water partition coefficient (Wildman–Crippen LogP) is 1.85. The fourth-order valence-electron chi connectivity index (χ4n) is 1.55. The molecule has 0 amide bonds. The Kier molecular flexibility index (Phi) is 4.48. The average molecular weight is 276 g/mol. The molecule has 0 aromatic heterocycles. The maximum atomic E-state index is 11.9. The Bertz CT molecular complexity index is 529. The van der Waals surface area contributed by atoms with Gasteiger partial charge in [0.15, 0.2) is 5.44 Å². The van der Waals surface area contributed by atoms with Crippen molar-refractivity contribution in [3.63, 3.8) is 0 Å². The zero-order chi connectivity index (χ0) is 13.7. The lowest BCUT2D eigenvalue weighted by Gasteiger charge is -2.17. The van der Waals surface area contributed by atoms with Crippen LogP contribution in [0.5, 0.6) is 0 Å². The first-order valence-corrected chi connectivity index (χ1v) is 6.75. The number of thioether (sulfide) groups is 1. The molecule has 2 rings (SSSR count). The second kappa shape index (κ2) is 6.30. The molecule has 1 fully saturated rings. The van der Waals surface area contributed by atoms with E-state index in [0.717, 1.165) is 0 Å². The van der Waals surface area contributed by atoms with E-state index < -0.39 is 17.5 Å². The Morgan fingerprint density at radius 1 is 1.47 bits per heavy atom. The Balaban J connectivity index is 2.06. The monoisotopic (exact) mass is 276 g/mol. The van der Waals surface area contributed by atoms with E-state index in [1.165, 1.54) is 11.8 Å². The van der Waals surface area contributed by atoms with Crippen molar-refractivity contribution in [1.29, 1.82) is 0 Å². The summed E-state index contributed by atoms with van der Waals surface area (Å²) in [6, 6.07) is 8.64. The molecule has 2 atom stereocenters. The molecule has 0 spiro atoms. The molecule has 0 saturated carbocycles. The summed E-state index contributed by atoms with van der Waals surface area (Å²) >= 11 is 1.28. The van der Waals surface area contributed by atoms with Crippen molar-refractivity contribution >= 4 is 23.7 Å².